The second-order valence-electron chi connectivity index (χ2n) is 5.50. The summed E-state index contributed by atoms with van der Waals surface area (Å²) >= 11 is 0. The Morgan fingerprint density at radius 1 is 1.43 bits per heavy atom. The van der Waals surface area contributed by atoms with Crippen LogP contribution in [-0.4, -0.2) is 58.0 Å². The van der Waals surface area contributed by atoms with Gasteiger partial charge in [0.2, 0.25) is 5.91 Å². The number of carbonyl (C=O) groups is 2. The Bertz CT molecular complexity index is 567. The zero-order valence-electron chi connectivity index (χ0n) is 12.8. The number of carboxylic acids is 1. The predicted octanol–water partition coefficient (Wildman–Crippen LogP) is 0.137. The molecule has 1 aliphatic rings. The molecule has 0 aromatic carbocycles. The van der Waals surface area contributed by atoms with Crippen molar-refractivity contribution in [3.05, 3.63) is 17.0 Å². The van der Waals surface area contributed by atoms with E-state index < -0.39 is 17.9 Å². The van der Waals surface area contributed by atoms with Crippen LogP contribution in [0.1, 0.15) is 17.0 Å². The first-order chi connectivity index (χ1) is 9.82. The van der Waals surface area contributed by atoms with E-state index in [0.29, 0.717) is 0 Å². The molecule has 0 spiro atoms. The molecule has 0 radical (unpaired) electrons. The molecule has 1 amide bonds. The van der Waals surface area contributed by atoms with Crippen molar-refractivity contribution >= 4 is 11.9 Å². The lowest BCUT2D eigenvalue weighted by Crippen LogP contribution is -2.44. The van der Waals surface area contributed by atoms with Crippen molar-refractivity contribution in [2.24, 2.45) is 13.0 Å². The molecule has 7 heteroatoms. The van der Waals surface area contributed by atoms with E-state index in [9.17, 15) is 9.59 Å². The largest absolute Gasteiger partial charge is 0.481 e. The van der Waals surface area contributed by atoms with Gasteiger partial charge in [-0.05, 0) is 13.8 Å². The summed E-state index contributed by atoms with van der Waals surface area (Å²) in [5, 5.41) is 13.5. The standard InChI is InChI=1S/C14H21N3O4/c1-8-10(9(2)17(4)15-8)5-13(18)16(3)12-7-21-6-11(12)14(19)20/h11-12H,5-7H2,1-4H3,(H,19,20). The Morgan fingerprint density at radius 3 is 2.62 bits per heavy atom. The van der Waals surface area contributed by atoms with Gasteiger partial charge in [0.25, 0.3) is 0 Å². The minimum absolute atomic E-state index is 0.115. The van der Waals surface area contributed by atoms with Gasteiger partial charge in [0.05, 0.1) is 31.4 Å². The van der Waals surface area contributed by atoms with Crippen LogP contribution >= 0.6 is 0 Å². The fraction of sp³-hybridized carbons (Fsp3) is 0.643. The number of aliphatic carboxylic acids is 1. The summed E-state index contributed by atoms with van der Waals surface area (Å²) in [6.45, 7) is 4.21. The van der Waals surface area contributed by atoms with Gasteiger partial charge in [-0.15, -0.1) is 0 Å². The molecule has 1 saturated heterocycles. The van der Waals surface area contributed by atoms with E-state index in [-0.39, 0.29) is 25.5 Å². The van der Waals surface area contributed by atoms with Crippen LogP contribution in [0.3, 0.4) is 0 Å². The minimum atomic E-state index is -0.925. The third-order valence-corrected chi connectivity index (χ3v) is 4.25. The highest BCUT2D eigenvalue weighted by Crippen LogP contribution is 2.21. The SMILES string of the molecule is Cc1nn(C)c(C)c1CC(=O)N(C)C1COCC1C(=O)O. The minimum Gasteiger partial charge on any atom is -0.481 e. The molecule has 0 aliphatic carbocycles. The van der Waals surface area contributed by atoms with E-state index in [1.807, 2.05) is 20.9 Å². The maximum atomic E-state index is 12.4. The molecule has 2 unspecified atom stereocenters. The molecule has 116 valence electrons. The third kappa shape index (κ3) is 2.92. The number of hydrogen-bond donors (Lipinski definition) is 1. The maximum Gasteiger partial charge on any atom is 0.311 e. The molecule has 2 rings (SSSR count). The number of likely N-dealkylation sites (N-methyl/N-ethyl adjacent to an activating group) is 1. The Hall–Kier alpha value is -1.89. The van der Waals surface area contributed by atoms with Gasteiger partial charge in [0.15, 0.2) is 0 Å². The normalized spacial score (nSPS) is 21.5. The van der Waals surface area contributed by atoms with Crippen LogP contribution in [0.4, 0.5) is 0 Å². The third-order valence-electron chi connectivity index (χ3n) is 4.25. The number of rotatable bonds is 4. The monoisotopic (exact) mass is 295 g/mol. The molecule has 2 heterocycles. The van der Waals surface area contributed by atoms with Gasteiger partial charge in [-0.25, -0.2) is 0 Å². The van der Waals surface area contributed by atoms with E-state index in [2.05, 4.69) is 5.10 Å². The average Bonchev–Trinajstić information content (AvgIpc) is 2.99. The summed E-state index contributed by atoms with van der Waals surface area (Å²) < 4.78 is 6.96. The summed E-state index contributed by atoms with van der Waals surface area (Å²) in [7, 11) is 3.48. The van der Waals surface area contributed by atoms with Gasteiger partial charge >= 0.3 is 5.97 Å². The lowest BCUT2D eigenvalue weighted by Gasteiger charge is -2.26. The molecule has 0 saturated carbocycles. The van der Waals surface area contributed by atoms with E-state index >= 15 is 0 Å². The number of aromatic nitrogens is 2. The highest BCUT2D eigenvalue weighted by molar-refractivity contribution is 5.80. The number of carboxylic acid groups (broad SMARTS) is 1. The zero-order chi connectivity index (χ0) is 15.7. The van der Waals surface area contributed by atoms with Crippen molar-refractivity contribution in [3.8, 4) is 0 Å². The number of hydrogen-bond acceptors (Lipinski definition) is 4. The number of nitrogens with zero attached hydrogens (tertiary/aromatic N) is 3. The summed E-state index contributed by atoms with van der Waals surface area (Å²) in [6.07, 6.45) is 0.227. The molecule has 1 aliphatic heterocycles. The summed E-state index contributed by atoms with van der Waals surface area (Å²) in [5.41, 5.74) is 2.68. The van der Waals surface area contributed by atoms with Crippen LogP contribution in [0.15, 0.2) is 0 Å². The quantitative estimate of drug-likeness (QED) is 0.854. The summed E-state index contributed by atoms with van der Waals surface area (Å²) in [5.74, 6) is -1.70. The number of amides is 1. The van der Waals surface area contributed by atoms with Crippen LogP contribution in [0, 0.1) is 19.8 Å². The van der Waals surface area contributed by atoms with Crippen LogP contribution in [-0.2, 0) is 27.8 Å². The molecule has 1 aromatic rings. The van der Waals surface area contributed by atoms with E-state index in [1.54, 1.807) is 11.7 Å². The van der Waals surface area contributed by atoms with Gasteiger partial charge in [-0.3, -0.25) is 14.3 Å². The molecular weight excluding hydrogens is 274 g/mol. The first-order valence-corrected chi connectivity index (χ1v) is 6.88. The topological polar surface area (TPSA) is 84.7 Å². The number of aryl methyl sites for hydroxylation is 2. The molecule has 2 atom stereocenters. The van der Waals surface area contributed by atoms with Crippen molar-refractivity contribution in [1.29, 1.82) is 0 Å². The molecule has 7 nitrogen and oxygen atoms in total. The van der Waals surface area contributed by atoms with Crippen LogP contribution in [0.5, 0.6) is 0 Å². The molecule has 21 heavy (non-hydrogen) atoms. The average molecular weight is 295 g/mol. The van der Waals surface area contributed by atoms with Crippen molar-refractivity contribution in [2.45, 2.75) is 26.3 Å². The van der Waals surface area contributed by atoms with Gasteiger partial charge in [0.1, 0.15) is 5.92 Å². The molecule has 1 aromatic heterocycles. The second kappa shape index (κ2) is 5.85. The van der Waals surface area contributed by atoms with Gasteiger partial charge in [0, 0.05) is 25.4 Å². The summed E-state index contributed by atoms with van der Waals surface area (Å²) in [4.78, 5) is 25.1. The Kier molecular flexibility index (Phi) is 4.32. The molecule has 1 fully saturated rings. The molecular formula is C14H21N3O4. The first-order valence-electron chi connectivity index (χ1n) is 6.88. The van der Waals surface area contributed by atoms with Gasteiger partial charge in [-0.2, -0.15) is 5.10 Å². The Morgan fingerprint density at radius 2 is 2.10 bits per heavy atom. The van der Waals surface area contributed by atoms with Crippen molar-refractivity contribution < 1.29 is 19.4 Å². The van der Waals surface area contributed by atoms with Gasteiger partial charge < -0.3 is 14.7 Å². The van der Waals surface area contributed by atoms with Crippen LogP contribution in [0.25, 0.3) is 0 Å². The second-order valence-corrected chi connectivity index (χ2v) is 5.50. The van der Waals surface area contributed by atoms with Crippen molar-refractivity contribution in [3.63, 3.8) is 0 Å². The fourth-order valence-electron chi connectivity index (χ4n) is 2.69. The number of carbonyl (C=O) groups excluding carboxylic acids is 1. The zero-order valence-corrected chi connectivity index (χ0v) is 12.8. The van der Waals surface area contributed by atoms with Crippen LogP contribution < -0.4 is 0 Å². The van der Waals surface area contributed by atoms with Gasteiger partial charge in [-0.1, -0.05) is 0 Å². The number of ether oxygens (including phenoxy) is 1. The Balaban J connectivity index is 2.11. The maximum absolute atomic E-state index is 12.4. The lowest BCUT2D eigenvalue weighted by atomic mass is 10.0. The van der Waals surface area contributed by atoms with Crippen molar-refractivity contribution in [2.75, 3.05) is 20.3 Å². The highest BCUT2D eigenvalue weighted by Gasteiger charge is 2.38. The van der Waals surface area contributed by atoms with Crippen LogP contribution in [0.2, 0.25) is 0 Å². The first kappa shape index (κ1) is 15.5. The Labute approximate surface area is 123 Å². The summed E-state index contributed by atoms with van der Waals surface area (Å²) in [6, 6.07) is -0.410. The smallest absolute Gasteiger partial charge is 0.311 e. The lowest BCUT2D eigenvalue weighted by molar-refractivity contribution is -0.144. The van der Waals surface area contributed by atoms with E-state index in [4.69, 9.17) is 9.84 Å². The molecule has 0 bridgehead atoms. The highest BCUT2D eigenvalue weighted by atomic mass is 16.5. The molecule has 1 N–H and O–H groups in total. The fourth-order valence-corrected chi connectivity index (χ4v) is 2.69. The van der Waals surface area contributed by atoms with E-state index in [1.165, 1.54) is 4.90 Å². The van der Waals surface area contributed by atoms with Crippen molar-refractivity contribution in [1.82, 2.24) is 14.7 Å². The predicted molar refractivity (Wildman–Crippen MR) is 74.9 cm³/mol. The van der Waals surface area contributed by atoms with E-state index in [0.717, 1.165) is 17.0 Å².